The van der Waals surface area contributed by atoms with Crippen LogP contribution in [0.2, 0.25) is 0 Å². The van der Waals surface area contributed by atoms with Crippen molar-refractivity contribution >= 4 is 5.91 Å². The molecule has 142 valence electrons. The second-order valence-electron chi connectivity index (χ2n) is 7.50. The van der Waals surface area contributed by atoms with Crippen LogP contribution >= 0.6 is 0 Å². The van der Waals surface area contributed by atoms with Gasteiger partial charge in [0.2, 0.25) is 5.91 Å². The van der Waals surface area contributed by atoms with Crippen LogP contribution in [0.15, 0.2) is 54.6 Å². The number of hydrogen-bond acceptors (Lipinski definition) is 4. The lowest BCUT2D eigenvalue weighted by Crippen LogP contribution is -2.39. The number of ether oxygens (including phenoxy) is 1. The first kappa shape index (κ1) is 18.0. The van der Waals surface area contributed by atoms with E-state index in [0.717, 1.165) is 30.8 Å². The zero-order valence-corrected chi connectivity index (χ0v) is 15.5. The van der Waals surface area contributed by atoms with Crippen molar-refractivity contribution in [3.05, 3.63) is 65.7 Å². The average molecular weight is 365 g/mol. The molecule has 5 heteroatoms. The fraction of sp³-hybridized carbons (Fsp3) is 0.409. The summed E-state index contributed by atoms with van der Waals surface area (Å²) in [5, 5.41) is 3.20. The van der Waals surface area contributed by atoms with Crippen LogP contribution < -0.4 is 15.8 Å². The van der Waals surface area contributed by atoms with Gasteiger partial charge in [0.1, 0.15) is 5.75 Å². The van der Waals surface area contributed by atoms with Crippen LogP contribution in [-0.2, 0) is 4.79 Å². The van der Waals surface area contributed by atoms with Gasteiger partial charge in [-0.25, -0.2) is 0 Å². The Morgan fingerprint density at radius 3 is 2.70 bits per heavy atom. The molecule has 1 amide bonds. The second-order valence-corrected chi connectivity index (χ2v) is 7.50. The topological polar surface area (TPSA) is 67.6 Å². The van der Waals surface area contributed by atoms with Crippen LogP contribution in [0.4, 0.5) is 0 Å². The molecule has 1 unspecified atom stereocenters. The Hall–Kier alpha value is -2.37. The van der Waals surface area contributed by atoms with Crippen molar-refractivity contribution in [1.29, 1.82) is 0 Å². The Morgan fingerprint density at radius 1 is 1.11 bits per heavy atom. The highest BCUT2D eigenvalue weighted by Gasteiger charge is 2.34. The third kappa shape index (κ3) is 3.99. The molecule has 4 rings (SSSR count). The fourth-order valence-electron chi connectivity index (χ4n) is 4.34. The van der Waals surface area contributed by atoms with Crippen LogP contribution in [0.3, 0.4) is 0 Å². The molecular weight excluding hydrogens is 338 g/mol. The number of benzene rings is 2. The number of nitrogens with one attached hydrogen (secondary N) is 1. The first-order chi connectivity index (χ1) is 13.2. The van der Waals surface area contributed by atoms with E-state index >= 15 is 0 Å². The summed E-state index contributed by atoms with van der Waals surface area (Å²) in [6.07, 6.45) is 0.806. The van der Waals surface area contributed by atoms with Gasteiger partial charge in [-0.3, -0.25) is 9.69 Å². The highest BCUT2D eigenvalue weighted by Crippen LogP contribution is 2.33. The van der Waals surface area contributed by atoms with Crippen molar-refractivity contribution in [1.82, 2.24) is 10.2 Å². The van der Waals surface area contributed by atoms with E-state index in [2.05, 4.69) is 34.5 Å². The van der Waals surface area contributed by atoms with Gasteiger partial charge in [-0.15, -0.1) is 0 Å². The van der Waals surface area contributed by atoms with Crippen molar-refractivity contribution < 1.29 is 9.53 Å². The standard InChI is InChI=1S/C22H27N3O2/c23-12-17-13-25(14-19(17)16-6-2-1-3-7-16)15-22(26)24-20-10-11-27-21-9-5-4-8-18(20)21/h1-9,17,19-20H,10-15,23H2,(H,24,26)/t17-,19+,20?/m1/s1. The molecule has 2 aliphatic rings. The van der Waals surface area contributed by atoms with Gasteiger partial charge in [0.15, 0.2) is 0 Å². The van der Waals surface area contributed by atoms with E-state index in [9.17, 15) is 4.79 Å². The zero-order valence-electron chi connectivity index (χ0n) is 15.5. The lowest BCUT2D eigenvalue weighted by atomic mass is 9.89. The van der Waals surface area contributed by atoms with E-state index in [4.69, 9.17) is 10.5 Å². The molecule has 2 aromatic rings. The molecule has 1 saturated heterocycles. The van der Waals surface area contributed by atoms with Crippen LogP contribution in [0.25, 0.3) is 0 Å². The molecule has 2 aliphatic heterocycles. The maximum atomic E-state index is 12.7. The van der Waals surface area contributed by atoms with Crippen LogP contribution in [0, 0.1) is 5.92 Å². The Labute approximate surface area is 160 Å². The maximum Gasteiger partial charge on any atom is 0.234 e. The minimum absolute atomic E-state index is 0.0280. The molecular formula is C22H27N3O2. The van der Waals surface area contributed by atoms with Crippen LogP contribution in [0.5, 0.6) is 5.75 Å². The average Bonchev–Trinajstić information content (AvgIpc) is 3.11. The summed E-state index contributed by atoms with van der Waals surface area (Å²) in [7, 11) is 0. The van der Waals surface area contributed by atoms with E-state index < -0.39 is 0 Å². The number of amides is 1. The molecule has 0 spiro atoms. The van der Waals surface area contributed by atoms with Gasteiger partial charge in [-0.1, -0.05) is 48.5 Å². The van der Waals surface area contributed by atoms with Crippen molar-refractivity contribution in [2.24, 2.45) is 11.7 Å². The number of carbonyl (C=O) groups excluding carboxylic acids is 1. The van der Waals surface area contributed by atoms with E-state index in [1.807, 2.05) is 30.3 Å². The lowest BCUT2D eigenvalue weighted by Gasteiger charge is -2.27. The maximum absolute atomic E-state index is 12.7. The first-order valence-corrected chi connectivity index (χ1v) is 9.73. The normalized spacial score (nSPS) is 24.9. The highest BCUT2D eigenvalue weighted by atomic mass is 16.5. The zero-order chi connectivity index (χ0) is 18.6. The highest BCUT2D eigenvalue weighted by molar-refractivity contribution is 5.78. The van der Waals surface area contributed by atoms with Gasteiger partial charge in [-0.05, 0) is 24.1 Å². The lowest BCUT2D eigenvalue weighted by molar-refractivity contribution is -0.123. The van der Waals surface area contributed by atoms with E-state index in [-0.39, 0.29) is 11.9 Å². The van der Waals surface area contributed by atoms with E-state index in [1.165, 1.54) is 5.56 Å². The second kappa shape index (κ2) is 8.11. The molecule has 0 aromatic heterocycles. The largest absolute Gasteiger partial charge is 0.493 e. The molecule has 0 radical (unpaired) electrons. The summed E-state index contributed by atoms with van der Waals surface area (Å²) in [5.74, 6) is 1.74. The monoisotopic (exact) mass is 365 g/mol. The molecule has 3 N–H and O–H groups in total. The molecule has 5 nitrogen and oxygen atoms in total. The SMILES string of the molecule is NC[C@@H]1CN(CC(=O)NC2CCOc3ccccc32)C[C@H]1c1ccccc1. The Morgan fingerprint density at radius 2 is 1.89 bits per heavy atom. The molecule has 2 aromatic carbocycles. The summed E-state index contributed by atoms with van der Waals surface area (Å²) in [5.41, 5.74) is 8.40. The van der Waals surface area contributed by atoms with Crippen molar-refractivity contribution in [2.75, 3.05) is 32.8 Å². The number of para-hydroxylation sites is 1. The predicted molar refractivity (Wildman–Crippen MR) is 106 cm³/mol. The van der Waals surface area contributed by atoms with Crippen LogP contribution in [0.1, 0.15) is 29.5 Å². The van der Waals surface area contributed by atoms with Gasteiger partial charge < -0.3 is 15.8 Å². The molecule has 2 heterocycles. The van der Waals surface area contributed by atoms with Crippen molar-refractivity contribution in [2.45, 2.75) is 18.4 Å². The summed E-state index contributed by atoms with van der Waals surface area (Å²) in [6, 6.07) is 18.5. The summed E-state index contributed by atoms with van der Waals surface area (Å²) < 4.78 is 5.68. The molecule has 0 saturated carbocycles. The Bertz CT molecular complexity index is 780. The predicted octanol–water partition coefficient (Wildman–Crippen LogP) is 2.30. The quantitative estimate of drug-likeness (QED) is 0.853. The van der Waals surface area contributed by atoms with Gasteiger partial charge in [0.25, 0.3) is 0 Å². The molecule has 27 heavy (non-hydrogen) atoms. The van der Waals surface area contributed by atoms with Crippen LogP contribution in [-0.4, -0.2) is 43.6 Å². The summed E-state index contributed by atoms with van der Waals surface area (Å²) in [6.45, 7) is 3.44. The smallest absolute Gasteiger partial charge is 0.234 e. The van der Waals surface area contributed by atoms with Crippen molar-refractivity contribution in [3.63, 3.8) is 0 Å². The molecule has 3 atom stereocenters. The third-order valence-electron chi connectivity index (χ3n) is 5.71. The van der Waals surface area contributed by atoms with E-state index in [0.29, 0.717) is 31.5 Å². The van der Waals surface area contributed by atoms with Gasteiger partial charge >= 0.3 is 0 Å². The first-order valence-electron chi connectivity index (χ1n) is 9.73. The summed E-state index contributed by atoms with van der Waals surface area (Å²) in [4.78, 5) is 14.9. The number of fused-ring (bicyclic) bond motifs is 1. The number of hydrogen-bond donors (Lipinski definition) is 2. The number of likely N-dealkylation sites (tertiary alicyclic amines) is 1. The fourth-order valence-corrected chi connectivity index (χ4v) is 4.34. The minimum atomic E-state index is 0.0280. The minimum Gasteiger partial charge on any atom is -0.493 e. The Balaban J connectivity index is 1.38. The van der Waals surface area contributed by atoms with E-state index in [1.54, 1.807) is 0 Å². The van der Waals surface area contributed by atoms with Gasteiger partial charge in [-0.2, -0.15) is 0 Å². The van der Waals surface area contributed by atoms with Crippen molar-refractivity contribution in [3.8, 4) is 5.75 Å². The Kier molecular flexibility index (Phi) is 5.41. The number of carbonyl (C=O) groups is 1. The molecule has 0 aliphatic carbocycles. The van der Waals surface area contributed by atoms with Gasteiger partial charge in [0.05, 0.1) is 19.2 Å². The third-order valence-corrected chi connectivity index (χ3v) is 5.71. The number of nitrogens with two attached hydrogens (primary N) is 1. The summed E-state index contributed by atoms with van der Waals surface area (Å²) >= 11 is 0. The van der Waals surface area contributed by atoms with Gasteiger partial charge in [0, 0.05) is 31.0 Å². The number of rotatable bonds is 5. The molecule has 1 fully saturated rings. The number of nitrogens with zero attached hydrogens (tertiary/aromatic N) is 1. The molecule has 0 bridgehead atoms.